The van der Waals surface area contributed by atoms with Gasteiger partial charge in [-0.3, -0.25) is 4.79 Å². The van der Waals surface area contributed by atoms with Crippen LogP contribution in [0.25, 0.3) is 11.3 Å². The van der Waals surface area contributed by atoms with Crippen molar-refractivity contribution in [2.75, 3.05) is 6.61 Å². The summed E-state index contributed by atoms with van der Waals surface area (Å²) in [6.45, 7) is 1.56. The van der Waals surface area contributed by atoms with E-state index in [1.165, 1.54) is 12.1 Å². The molecule has 0 aliphatic heterocycles. The van der Waals surface area contributed by atoms with Gasteiger partial charge in [-0.1, -0.05) is 29.8 Å². The fourth-order valence-electron chi connectivity index (χ4n) is 3.07. The number of aromatic nitrogens is 4. The van der Waals surface area contributed by atoms with Crippen LogP contribution in [-0.4, -0.2) is 31.7 Å². The first-order chi connectivity index (χ1) is 15.2. The maximum Gasteiger partial charge on any atom is 0.435 e. The third kappa shape index (κ3) is 4.54. The molecule has 0 spiro atoms. The van der Waals surface area contributed by atoms with E-state index < -0.39 is 24.4 Å². The Morgan fingerprint density at radius 2 is 1.97 bits per heavy atom. The summed E-state index contributed by atoms with van der Waals surface area (Å²) in [4.78, 5) is 16.7. The van der Waals surface area contributed by atoms with Gasteiger partial charge in [0.25, 0.3) is 5.91 Å². The predicted octanol–water partition coefficient (Wildman–Crippen LogP) is 4.20. The zero-order valence-electron chi connectivity index (χ0n) is 16.7. The quantitative estimate of drug-likeness (QED) is 0.465. The number of nitrogens with one attached hydrogen (secondary N) is 1. The van der Waals surface area contributed by atoms with Crippen molar-refractivity contribution in [3.63, 3.8) is 0 Å². The first-order valence-electron chi connectivity index (χ1n) is 9.47. The Morgan fingerprint density at radius 1 is 1.19 bits per heavy atom. The number of fused-ring (bicyclic) bond motifs is 1. The highest BCUT2D eigenvalue weighted by molar-refractivity contribution is 6.32. The molecule has 3 aromatic heterocycles. The van der Waals surface area contributed by atoms with E-state index >= 15 is 0 Å². The average Bonchev–Trinajstić information content (AvgIpc) is 3.36. The first kappa shape index (κ1) is 21.7. The van der Waals surface area contributed by atoms with Crippen LogP contribution in [0, 0.1) is 6.92 Å². The van der Waals surface area contributed by atoms with E-state index in [9.17, 15) is 18.0 Å². The molecule has 166 valence electrons. The smallest absolute Gasteiger partial charge is 0.435 e. The fourth-order valence-corrected chi connectivity index (χ4v) is 3.28. The van der Waals surface area contributed by atoms with Gasteiger partial charge in [-0.05, 0) is 31.2 Å². The van der Waals surface area contributed by atoms with E-state index in [0.717, 1.165) is 22.1 Å². The Balaban J connectivity index is 1.46. The summed E-state index contributed by atoms with van der Waals surface area (Å²) < 4.78 is 47.7. The molecule has 3 heterocycles. The number of nitrogens with zero attached hydrogens (tertiary/aromatic N) is 4. The molecule has 1 amide bonds. The summed E-state index contributed by atoms with van der Waals surface area (Å²) in [6.07, 6.45) is -2.89. The van der Waals surface area contributed by atoms with Gasteiger partial charge >= 0.3 is 6.18 Å². The first-order valence-corrected chi connectivity index (χ1v) is 9.85. The van der Waals surface area contributed by atoms with Crippen molar-refractivity contribution < 1.29 is 22.7 Å². The maximum absolute atomic E-state index is 13.2. The van der Waals surface area contributed by atoms with Crippen LogP contribution in [0.4, 0.5) is 13.2 Å². The maximum atomic E-state index is 13.2. The number of amides is 1. The molecule has 4 rings (SSSR count). The monoisotopic (exact) mass is 463 g/mol. The highest BCUT2D eigenvalue weighted by atomic mass is 35.5. The molecule has 0 bridgehead atoms. The SMILES string of the molecule is Cc1cccc2nc(CNC(=O)COc3cc(C(F)(F)F)nn3-c3ccccc3Cl)cn12. The summed E-state index contributed by atoms with van der Waals surface area (Å²) in [5, 5.41) is 6.38. The molecule has 0 saturated heterocycles. The number of ether oxygens (including phenoxy) is 1. The van der Waals surface area contributed by atoms with E-state index in [-0.39, 0.29) is 23.1 Å². The lowest BCUT2D eigenvalue weighted by Gasteiger charge is -2.10. The highest BCUT2D eigenvalue weighted by Gasteiger charge is 2.36. The molecule has 0 fully saturated rings. The molecule has 1 aromatic carbocycles. The van der Waals surface area contributed by atoms with E-state index in [4.69, 9.17) is 16.3 Å². The third-order valence-corrected chi connectivity index (χ3v) is 4.93. The number of hydrogen-bond acceptors (Lipinski definition) is 4. The minimum absolute atomic E-state index is 0.140. The minimum atomic E-state index is -4.69. The largest absolute Gasteiger partial charge is 0.467 e. The average molecular weight is 464 g/mol. The number of aryl methyl sites for hydroxylation is 1. The van der Waals surface area contributed by atoms with Gasteiger partial charge in [0.15, 0.2) is 12.3 Å². The molecule has 1 N–H and O–H groups in total. The minimum Gasteiger partial charge on any atom is -0.467 e. The molecule has 0 unspecified atom stereocenters. The standard InChI is InChI=1S/C21H17ClF3N5O2/c1-13-5-4-8-18-27-14(11-29(13)18)10-26-19(31)12-32-20-9-17(21(23,24)25)28-30(20)16-7-3-2-6-15(16)22/h2-9,11H,10,12H2,1H3,(H,26,31). The Hall–Kier alpha value is -3.53. The number of alkyl halides is 3. The normalized spacial score (nSPS) is 11.7. The van der Waals surface area contributed by atoms with Crippen molar-refractivity contribution in [3.05, 3.63) is 76.8 Å². The lowest BCUT2D eigenvalue weighted by Crippen LogP contribution is -2.28. The predicted molar refractivity (Wildman–Crippen MR) is 111 cm³/mol. The summed E-state index contributed by atoms with van der Waals surface area (Å²) in [5.74, 6) is -0.789. The molecule has 7 nitrogen and oxygen atoms in total. The number of pyridine rings is 1. The van der Waals surface area contributed by atoms with Gasteiger partial charge < -0.3 is 14.5 Å². The molecule has 0 aliphatic carbocycles. The van der Waals surface area contributed by atoms with Crippen LogP contribution >= 0.6 is 11.6 Å². The summed E-state index contributed by atoms with van der Waals surface area (Å²) in [7, 11) is 0. The van der Waals surface area contributed by atoms with E-state index in [2.05, 4.69) is 15.4 Å². The van der Waals surface area contributed by atoms with Crippen molar-refractivity contribution in [3.8, 4) is 11.6 Å². The van der Waals surface area contributed by atoms with E-state index in [1.807, 2.05) is 29.5 Å². The van der Waals surface area contributed by atoms with Crippen LogP contribution in [-0.2, 0) is 17.5 Å². The number of carbonyl (C=O) groups is 1. The molecule has 4 aromatic rings. The number of rotatable bonds is 6. The van der Waals surface area contributed by atoms with Crippen LogP contribution in [0.1, 0.15) is 17.1 Å². The molecule has 11 heteroatoms. The number of para-hydroxylation sites is 1. The number of benzene rings is 1. The Kier molecular flexibility index (Phi) is 5.79. The summed E-state index contributed by atoms with van der Waals surface area (Å²) in [6, 6.07) is 12.6. The lowest BCUT2D eigenvalue weighted by molar-refractivity contribution is -0.141. The van der Waals surface area contributed by atoms with Crippen LogP contribution in [0.15, 0.2) is 54.7 Å². The Bertz CT molecular complexity index is 1280. The number of imidazole rings is 1. The van der Waals surface area contributed by atoms with Gasteiger partial charge in [-0.15, -0.1) is 0 Å². The summed E-state index contributed by atoms with van der Waals surface area (Å²) in [5.41, 5.74) is 1.40. The zero-order chi connectivity index (χ0) is 22.9. The molecular formula is C21H17ClF3N5O2. The molecule has 32 heavy (non-hydrogen) atoms. The second-order valence-electron chi connectivity index (χ2n) is 6.92. The van der Waals surface area contributed by atoms with E-state index in [1.54, 1.807) is 18.3 Å². The number of halogens is 4. The van der Waals surface area contributed by atoms with Crippen LogP contribution < -0.4 is 10.1 Å². The van der Waals surface area contributed by atoms with E-state index in [0.29, 0.717) is 5.69 Å². The van der Waals surface area contributed by atoms with Gasteiger partial charge in [0.05, 0.1) is 22.9 Å². The van der Waals surface area contributed by atoms with Crippen molar-refractivity contribution >= 4 is 23.2 Å². The topological polar surface area (TPSA) is 73.4 Å². The van der Waals surface area contributed by atoms with Gasteiger partial charge in [0.2, 0.25) is 5.88 Å². The van der Waals surface area contributed by atoms with Crippen LogP contribution in [0.3, 0.4) is 0 Å². The summed E-state index contributed by atoms with van der Waals surface area (Å²) >= 11 is 6.09. The van der Waals surface area contributed by atoms with Crippen molar-refractivity contribution in [1.29, 1.82) is 0 Å². The second kappa shape index (κ2) is 8.54. The van der Waals surface area contributed by atoms with Crippen LogP contribution in [0.2, 0.25) is 5.02 Å². The van der Waals surface area contributed by atoms with Crippen molar-refractivity contribution in [1.82, 2.24) is 24.5 Å². The molecule has 0 aliphatic rings. The molecule has 0 atom stereocenters. The third-order valence-electron chi connectivity index (χ3n) is 4.61. The fraction of sp³-hybridized carbons (Fsp3) is 0.190. The highest BCUT2D eigenvalue weighted by Crippen LogP contribution is 2.33. The molecular weight excluding hydrogens is 447 g/mol. The van der Waals surface area contributed by atoms with Crippen molar-refractivity contribution in [2.45, 2.75) is 19.6 Å². The number of hydrogen-bond donors (Lipinski definition) is 1. The second-order valence-corrected chi connectivity index (χ2v) is 7.33. The lowest BCUT2D eigenvalue weighted by atomic mass is 10.3. The van der Waals surface area contributed by atoms with Gasteiger partial charge in [-0.2, -0.15) is 23.0 Å². The molecule has 0 saturated carbocycles. The van der Waals surface area contributed by atoms with Gasteiger partial charge in [-0.25, -0.2) is 4.98 Å². The Labute approximate surface area is 185 Å². The Morgan fingerprint density at radius 3 is 2.69 bits per heavy atom. The number of carbonyl (C=O) groups excluding carboxylic acids is 1. The molecule has 0 radical (unpaired) electrons. The van der Waals surface area contributed by atoms with Crippen molar-refractivity contribution in [2.24, 2.45) is 0 Å². The van der Waals surface area contributed by atoms with Crippen LogP contribution in [0.5, 0.6) is 5.88 Å². The van der Waals surface area contributed by atoms with Gasteiger partial charge in [0, 0.05) is 18.0 Å². The zero-order valence-corrected chi connectivity index (χ0v) is 17.5. The van der Waals surface area contributed by atoms with Gasteiger partial charge in [0.1, 0.15) is 5.65 Å².